The van der Waals surface area contributed by atoms with E-state index in [1.807, 2.05) is 0 Å². The molecule has 0 amide bonds. The number of piperazine rings is 1. The van der Waals surface area contributed by atoms with Crippen LogP contribution in [0.5, 0.6) is 0 Å². The Balaban J connectivity index is 1.99. The zero-order valence-electron chi connectivity index (χ0n) is 10.1. The minimum Gasteiger partial charge on any atom is -0.314 e. The van der Waals surface area contributed by atoms with Gasteiger partial charge in [-0.2, -0.15) is 17.4 Å². The van der Waals surface area contributed by atoms with E-state index < -0.39 is 26.1 Å². The van der Waals surface area contributed by atoms with E-state index in [4.69, 9.17) is 0 Å². The number of nitrogens with zero attached hydrogens (tertiary/aromatic N) is 1. The molecule has 2 aliphatic heterocycles. The van der Waals surface area contributed by atoms with Crippen molar-refractivity contribution in [2.75, 3.05) is 37.7 Å². The summed E-state index contributed by atoms with van der Waals surface area (Å²) in [4.78, 5) is 0. The summed E-state index contributed by atoms with van der Waals surface area (Å²) in [6.07, 6.45) is 1.11. The van der Waals surface area contributed by atoms with Crippen LogP contribution in [0.15, 0.2) is 0 Å². The molecule has 2 heterocycles. The van der Waals surface area contributed by atoms with Gasteiger partial charge in [-0.1, -0.05) is 0 Å². The van der Waals surface area contributed by atoms with Crippen LogP contribution in [0.2, 0.25) is 0 Å². The smallest absolute Gasteiger partial charge is 0.279 e. The molecule has 9 heteroatoms. The van der Waals surface area contributed by atoms with Gasteiger partial charge < -0.3 is 5.32 Å². The zero-order valence-corrected chi connectivity index (χ0v) is 11.8. The molecule has 2 aliphatic rings. The molecule has 2 rings (SSSR count). The van der Waals surface area contributed by atoms with Crippen LogP contribution in [0, 0.1) is 0 Å². The first-order valence-electron chi connectivity index (χ1n) is 6.08. The molecule has 0 spiro atoms. The molecule has 7 nitrogen and oxygen atoms in total. The third kappa shape index (κ3) is 3.64. The second-order valence-electron chi connectivity index (χ2n) is 4.73. The Bertz CT molecular complexity index is 482. The quantitative estimate of drug-likeness (QED) is 0.647. The normalized spacial score (nSPS) is 30.1. The summed E-state index contributed by atoms with van der Waals surface area (Å²) >= 11 is 0. The summed E-state index contributed by atoms with van der Waals surface area (Å²) in [6, 6.07) is -0.483. The Labute approximate surface area is 108 Å². The molecule has 2 saturated heterocycles. The van der Waals surface area contributed by atoms with Crippen LogP contribution in [0.25, 0.3) is 0 Å². The van der Waals surface area contributed by atoms with Crippen molar-refractivity contribution in [2.24, 2.45) is 0 Å². The molecule has 0 aliphatic carbocycles. The lowest BCUT2D eigenvalue weighted by atomic mass is 10.2. The maximum absolute atomic E-state index is 12.1. The van der Waals surface area contributed by atoms with E-state index in [1.165, 1.54) is 4.31 Å². The fourth-order valence-electron chi connectivity index (χ4n) is 2.29. The predicted octanol–water partition coefficient (Wildman–Crippen LogP) is -1.70. The monoisotopic (exact) mass is 297 g/mol. The molecular formula is C9H19N3O4S2. The lowest BCUT2D eigenvalue weighted by Gasteiger charge is -2.30. The number of sulfone groups is 1. The highest BCUT2D eigenvalue weighted by Crippen LogP contribution is 2.14. The van der Waals surface area contributed by atoms with Crippen LogP contribution in [0.3, 0.4) is 0 Å². The fraction of sp³-hybridized carbons (Fsp3) is 1.00. The lowest BCUT2D eigenvalue weighted by Crippen LogP contribution is -2.54. The zero-order chi connectivity index (χ0) is 13.2. The van der Waals surface area contributed by atoms with Crippen molar-refractivity contribution in [3.63, 3.8) is 0 Å². The van der Waals surface area contributed by atoms with E-state index >= 15 is 0 Å². The molecule has 18 heavy (non-hydrogen) atoms. The topological polar surface area (TPSA) is 95.6 Å². The van der Waals surface area contributed by atoms with Crippen LogP contribution < -0.4 is 10.0 Å². The second-order valence-corrected chi connectivity index (χ2v) is 8.66. The van der Waals surface area contributed by atoms with E-state index in [0.29, 0.717) is 39.0 Å². The van der Waals surface area contributed by atoms with Crippen molar-refractivity contribution in [3.05, 3.63) is 0 Å². The maximum atomic E-state index is 12.1. The van der Waals surface area contributed by atoms with Gasteiger partial charge in [-0.3, -0.25) is 0 Å². The van der Waals surface area contributed by atoms with Gasteiger partial charge in [0.05, 0.1) is 11.5 Å². The SMILES string of the molecule is O=S1(=O)CCCC(NS(=O)(=O)N2CCNCC2)C1. The first-order valence-corrected chi connectivity index (χ1v) is 9.34. The third-order valence-electron chi connectivity index (χ3n) is 3.19. The van der Waals surface area contributed by atoms with E-state index in [0.717, 1.165) is 0 Å². The van der Waals surface area contributed by atoms with Gasteiger partial charge in [0.2, 0.25) is 0 Å². The van der Waals surface area contributed by atoms with Gasteiger partial charge in [0.15, 0.2) is 9.84 Å². The van der Waals surface area contributed by atoms with Gasteiger partial charge in [-0.15, -0.1) is 0 Å². The number of nitrogens with one attached hydrogen (secondary N) is 2. The van der Waals surface area contributed by atoms with Crippen molar-refractivity contribution in [3.8, 4) is 0 Å². The Hall–Kier alpha value is -0.220. The summed E-state index contributed by atoms with van der Waals surface area (Å²) in [7, 11) is -6.65. The van der Waals surface area contributed by atoms with Gasteiger partial charge >= 0.3 is 0 Å². The maximum Gasteiger partial charge on any atom is 0.279 e. The Morgan fingerprint density at radius 3 is 2.50 bits per heavy atom. The van der Waals surface area contributed by atoms with Crippen molar-refractivity contribution >= 4 is 20.0 Å². The molecule has 0 bridgehead atoms. The molecule has 0 aromatic carbocycles. The summed E-state index contributed by atoms with van der Waals surface area (Å²) in [5, 5.41) is 3.07. The number of rotatable bonds is 3. The Kier molecular flexibility index (Phi) is 4.27. The molecule has 0 aromatic rings. The summed E-state index contributed by atoms with van der Waals surface area (Å²) < 4.78 is 50.9. The first kappa shape index (κ1) is 14.2. The molecule has 2 fully saturated rings. The van der Waals surface area contributed by atoms with Crippen LogP contribution in [0.1, 0.15) is 12.8 Å². The van der Waals surface area contributed by atoms with E-state index in [9.17, 15) is 16.8 Å². The average molecular weight is 297 g/mol. The molecule has 0 saturated carbocycles. The Morgan fingerprint density at radius 1 is 1.22 bits per heavy atom. The van der Waals surface area contributed by atoms with Crippen molar-refractivity contribution in [2.45, 2.75) is 18.9 Å². The largest absolute Gasteiger partial charge is 0.314 e. The van der Waals surface area contributed by atoms with Gasteiger partial charge in [0, 0.05) is 32.2 Å². The number of hydrogen-bond donors (Lipinski definition) is 2. The standard InChI is InChI=1S/C9H19N3O4S2/c13-17(14)7-1-2-9(8-17)11-18(15,16)12-5-3-10-4-6-12/h9-11H,1-8H2. The van der Waals surface area contributed by atoms with Gasteiger partial charge in [0.1, 0.15) is 0 Å². The number of hydrogen-bond acceptors (Lipinski definition) is 5. The lowest BCUT2D eigenvalue weighted by molar-refractivity contribution is 0.350. The molecule has 1 unspecified atom stereocenters. The molecule has 2 N–H and O–H groups in total. The van der Waals surface area contributed by atoms with Crippen molar-refractivity contribution in [1.29, 1.82) is 0 Å². The fourth-order valence-corrected chi connectivity index (χ4v) is 5.46. The minimum atomic E-state index is -3.55. The highest BCUT2D eigenvalue weighted by Gasteiger charge is 2.31. The molecular weight excluding hydrogens is 278 g/mol. The van der Waals surface area contributed by atoms with Crippen LogP contribution in [-0.2, 0) is 20.0 Å². The highest BCUT2D eigenvalue weighted by atomic mass is 32.2. The average Bonchev–Trinajstić information content (AvgIpc) is 2.28. The second kappa shape index (κ2) is 5.41. The molecule has 0 aromatic heterocycles. The van der Waals surface area contributed by atoms with Gasteiger partial charge in [0.25, 0.3) is 10.2 Å². The Morgan fingerprint density at radius 2 is 1.89 bits per heavy atom. The van der Waals surface area contributed by atoms with E-state index in [1.54, 1.807) is 0 Å². The molecule has 106 valence electrons. The van der Waals surface area contributed by atoms with Crippen LogP contribution in [0.4, 0.5) is 0 Å². The highest BCUT2D eigenvalue weighted by molar-refractivity contribution is 7.91. The van der Waals surface area contributed by atoms with Crippen LogP contribution >= 0.6 is 0 Å². The first-order chi connectivity index (χ1) is 8.39. The molecule has 1 atom stereocenters. The minimum absolute atomic E-state index is 0.0850. The summed E-state index contributed by atoms with van der Waals surface area (Å²) in [5.74, 6) is 0.0805. The van der Waals surface area contributed by atoms with Crippen molar-refractivity contribution < 1.29 is 16.8 Å². The van der Waals surface area contributed by atoms with Gasteiger partial charge in [-0.25, -0.2) is 8.42 Å². The van der Waals surface area contributed by atoms with E-state index in [2.05, 4.69) is 10.0 Å². The van der Waals surface area contributed by atoms with Crippen molar-refractivity contribution in [1.82, 2.24) is 14.3 Å². The molecule has 0 radical (unpaired) electrons. The van der Waals surface area contributed by atoms with Gasteiger partial charge in [-0.05, 0) is 12.8 Å². The summed E-state index contributed by atoms with van der Waals surface area (Å²) in [5.41, 5.74) is 0. The summed E-state index contributed by atoms with van der Waals surface area (Å²) in [6.45, 7) is 2.11. The predicted molar refractivity (Wildman–Crippen MR) is 68.2 cm³/mol. The third-order valence-corrected chi connectivity index (χ3v) is 6.69. The van der Waals surface area contributed by atoms with E-state index in [-0.39, 0.29) is 11.5 Å². The van der Waals surface area contributed by atoms with Crippen LogP contribution in [-0.4, -0.2) is 64.9 Å².